The molecule has 6 nitrogen and oxygen atoms in total. The summed E-state index contributed by atoms with van der Waals surface area (Å²) in [5.41, 5.74) is 1.73. The van der Waals surface area contributed by atoms with Crippen LogP contribution in [0, 0.1) is 23.0 Å². The van der Waals surface area contributed by atoms with Gasteiger partial charge in [-0.05, 0) is 55.7 Å². The number of nitrogens with one attached hydrogen (secondary N) is 2. The maximum atomic E-state index is 14.0. The van der Waals surface area contributed by atoms with Crippen molar-refractivity contribution in [2.45, 2.75) is 38.9 Å². The number of methoxy groups -OCH3 is 1. The fourth-order valence-electron chi connectivity index (χ4n) is 3.74. The van der Waals surface area contributed by atoms with Crippen molar-refractivity contribution in [1.29, 1.82) is 5.26 Å². The van der Waals surface area contributed by atoms with Crippen molar-refractivity contribution < 1.29 is 13.5 Å². The summed E-state index contributed by atoms with van der Waals surface area (Å²) in [6, 6.07) is 11.6. The van der Waals surface area contributed by atoms with E-state index in [9.17, 15) is 8.78 Å². The zero-order valence-corrected chi connectivity index (χ0v) is 21.2. The highest BCUT2D eigenvalue weighted by molar-refractivity contribution is 14.0. The predicted octanol–water partition coefficient (Wildman–Crippen LogP) is 4.18. The number of hydrogen-bond donors (Lipinski definition) is 2. The summed E-state index contributed by atoms with van der Waals surface area (Å²) in [6.07, 6.45) is 1.84. The minimum Gasteiger partial charge on any atom is -0.494 e. The van der Waals surface area contributed by atoms with Gasteiger partial charge in [-0.2, -0.15) is 5.26 Å². The van der Waals surface area contributed by atoms with Crippen LogP contribution >= 0.6 is 24.0 Å². The van der Waals surface area contributed by atoms with Crippen molar-refractivity contribution in [3.8, 4) is 11.8 Å². The van der Waals surface area contributed by atoms with Crippen LogP contribution in [0.3, 0.4) is 0 Å². The second-order valence-corrected chi connectivity index (χ2v) is 7.78. The predicted molar refractivity (Wildman–Crippen MR) is 136 cm³/mol. The number of piperidine rings is 1. The van der Waals surface area contributed by atoms with Crippen LogP contribution in [0.2, 0.25) is 0 Å². The van der Waals surface area contributed by atoms with Gasteiger partial charge in [-0.15, -0.1) is 24.0 Å². The Labute approximate surface area is 211 Å². The van der Waals surface area contributed by atoms with E-state index in [0.29, 0.717) is 30.2 Å². The smallest absolute Gasteiger partial charge is 0.191 e. The number of nitrogens with zero attached hydrogens (tertiary/aromatic N) is 3. The maximum absolute atomic E-state index is 14.0. The number of ether oxygens (including phenoxy) is 1. The summed E-state index contributed by atoms with van der Waals surface area (Å²) < 4.78 is 32.9. The zero-order valence-electron chi connectivity index (χ0n) is 18.9. The van der Waals surface area contributed by atoms with Crippen molar-refractivity contribution in [2.75, 3.05) is 26.7 Å². The summed E-state index contributed by atoms with van der Waals surface area (Å²) >= 11 is 0. The number of nitriles is 1. The Balaban J connectivity index is 0.00000385. The van der Waals surface area contributed by atoms with Crippen molar-refractivity contribution >= 4 is 29.9 Å². The third-order valence-corrected chi connectivity index (χ3v) is 5.48. The molecular formula is C24H30F2IN5O. The quantitative estimate of drug-likeness (QED) is 0.298. The van der Waals surface area contributed by atoms with Gasteiger partial charge in [-0.3, -0.25) is 4.90 Å². The van der Waals surface area contributed by atoms with E-state index in [1.165, 1.54) is 31.4 Å². The molecule has 0 spiro atoms. The molecule has 0 bridgehead atoms. The topological polar surface area (TPSA) is 72.7 Å². The van der Waals surface area contributed by atoms with Crippen LogP contribution in [0.4, 0.5) is 8.78 Å². The van der Waals surface area contributed by atoms with Gasteiger partial charge < -0.3 is 15.4 Å². The molecule has 9 heteroatoms. The maximum Gasteiger partial charge on any atom is 0.191 e. The van der Waals surface area contributed by atoms with Crippen LogP contribution in [-0.4, -0.2) is 43.6 Å². The highest BCUT2D eigenvalue weighted by Gasteiger charge is 2.20. The van der Waals surface area contributed by atoms with Crippen molar-refractivity contribution in [1.82, 2.24) is 15.5 Å². The van der Waals surface area contributed by atoms with Gasteiger partial charge in [0.25, 0.3) is 0 Å². The van der Waals surface area contributed by atoms with E-state index in [1.54, 1.807) is 6.07 Å². The molecule has 0 radical (unpaired) electrons. The fraction of sp³-hybridized carbons (Fsp3) is 0.417. The van der Waals surface area contributed by atoms with E-state index in [0.717, 1.165) is 31.5 Å². The lowest BCUT2D eigenvalue weighted by molar-refractivity contribution is 0.198. The Morgan fingerprint density at radius 3 is 2.58 bits per heavy atom. The molecule has 0 unspecified atom stereocenters. The minimum atomic E-state index is -0.369. The highest BCUT2D eigenvalue weighted by Crippen LogP contribution is 2.20. The third-order valence-electron chi connectivity index (χ3n) is 5.48. The first-order valence-electron chi connectivity index (χ1n) is 10.8. The highest BCUT2D eigenvalue weighted by atomic mass is 127. The number of likely N-dealkylation sites (tertiary alicyclic amines) is 1. The van der Waals surface area contributed by atoms with Crippen LogP contribution in [0.1, 0.15) is 36.5 Å². The molecule has 0 amide bonds. The van der Waals surface area contributed by atoms with E-state index < -0.39 is 0 Å². The van der Waals surface area contributed by atoms with Gasteiger partial charge >= 0.3 is 0 Å². The second-order valence-electron chi connectivity index (χ2n) is 7.78. The van der Waals surface area contributed by atoms with E-state index in [1.807, 2.05) is 19.1 Å². The normalized spacial score (nSPS) is 14.8. The molecule has 1 fully saturated rings. The molecule has 33 heavy (non-hydrogen) atoms. The summed E-state index contributed by atoms with van der Waals surface area (Å²) in [5.74, 6) is 0.174. The largest absolute Gasteiger partial charge is 0.494 e. The van der Waals surface area contributed by atoms with Crippen LogP contribution < -0.4 is 15.4 Å². The molecular weight excluding hydrogens is 539 g/mol. The molecule has 0 aromatic heterocycles. The molecule has 1 aliphatic heterocycles. The average molecular weight is 569 g/mol. The van der Waals surface area contributed by atoms with Gasteiger partial charge in [0, 0.05) is 37.8 Å². The zero-order chi connectivity index (χ0) is 22.9. The molecule has 0 saturated carbocycles. The Morgan fingerprint density at radius 2 is 1.94 bits per heavy atom. The number of hydrogen-bond acceptors (Lipinski definition) is 4. The molecule has 0 atom stereocenters. The Morgan fingerprint density at radius 1 is 1.18 bits per heavy atom. The molecule has 2 aromatic rings. The fourth-order valence-corrected chi connectivity index (χ4v) is 3.74. The summed E-state index contributed by atoms with van der Waals surface area (Å²) in [4.78, 5) is 6.80. The molecule has 1 aliphatic rings. The first kappa shape index (κ1) is 26.8. The van der Waals surface area contributed by atoms with Crippen molar-refractivity contribution in [2.24, 2.45) is 4.99 Å². The van der Waals surface area contributed by atoms with Gasteiger partial charge in [0.1, 0.15) is 5.82 Å². The molecule has 2 N–H and O–H groups in total. The number of benzene rings is 2. The van der Waals surface area contributed by atoms with Crippen LogP contribution in [0.15, 0.2) is 41.4 Å². The van der Waals surface area contributed by atoms with Gasteiger partial charge in [0.15, 0.2) is 17.5 Å². The lowest BCUT2D eigenvalue weighted by Gasteiger charge is -2.33. The first-order chi connectivity index (χ1) is 15.5. The average Bonchev–Trinajstić information content (AvgIpc) is 2.80. The van der Waals surface area contributed by atoms with E-state index in [4.69, 9.17) is 10.00 Å². The Bertz CT molecular complexity index is 987. The lowest BCUT2D eigenvalue weighted by atomic mass is 10.0. The monoisotopic (exact) mass is 569 g/mol. The van der Waals surface area contributed by atoms with Gasteiger partial charge in [0.2, 0.25) is 0 Å². The standard InChI is InChI=1S/C24H29F2N5O.HI/c1-3-28-24(29-15-19-12-17(14-27)4-6-21(19)25)30-20-8-10-31(11-9-20)16-18-5-7-23(32-2)22(26)13-18;/h4-7,12-13,20H,3,8-11,15-16H2,1-2H3,(H2,28,29,30);1H. The van der Waals surface area contributed by atoms with Crippen molar-refractivity contribution in [3.05, 3.63) is 64.7 Å². The van der Waals surface area contributed by atoms with E-state index in [2.05, 4.69) is 20.5 Å². The second kappa shape index (κ2) is 13.3. The number of guanidine groups is 1. The first-order valence-corrected chi connectivity index (χ1v) is 10.8. The third kappa shape index (κ3) is 7.82. The van der Waals surface area contributed by atoms with Crippen LogP contribution in [-0.2, 0) is 13.1 Å². The SMILES string of the molecule is CCNC(=NCc1cc(C#N)ccc1F)NC1CCN(Cc2ccc(OC)c(F)c2)CC1.I. The molecule has 178 valence electrons. The van der Waals surface area contributed by atoms with Crippen molar-refractivity contribution in [3.63, 3.8) is 0 Å². The van der Waals surface area contributed by atoms with E-state index in [-0.39, 0.29) is 53.9 Å². The number of aliphatic imine (C=N–C) groups is 1. The van der Waals surface area contributed by atoms with Gasteiger partial charge in [-0.25, -0.2) is 13.8 Å². The summed E-state index contributed by atoms with van der Waals surface area (Å²) in [6.45, 7) is 5.26. The summed E-state index contributed by atoms with van der Waals surface area (Å²) in [5, 5.41) is 15.7. The molecule has 3 rings (SSSR count). The van der Waals surface area contributed by atoms with Gasteiger partial charge in [0.05, 0.1) is 25.3 Å². The van der Waals surface area contributed by atoms with Crippen LogP contribution in [0.5, 0.6) is 5.75 Å². The van der Waals surface area contributed by atoms with Crippen LogP contribution in [0.25, 0.3) is 0 Å². The van der Waals surface area contributed by atoms with E-state index >= 15 is 0 Å². The lowest BCUT2D eigenvalue weighted by Crippen LogP contribution is -2.48. The molecule has 0 aliphatic carbocycles. The van der Waals surface area contributed by atoms with Gasteiger partial charge in [-0.1, -0.05) is 6.07 Å². The molecule has 1 saturated heterocycles. The molecule has 2 aromatic carbocycles. The summed E-state index contributed by atoms with van der Waals surface area (Å²) in [7, 11) is 1.46. The molecule has 1 heterocycles. The Hall–Kier alpha value is -2.45. The minimum absolute atomic E-state index is 0. The number of halogens is 3. The Kier molecular flexibility index (Phi) is 10.8. The number of rotatable bonds is 7.